The Labute approximate surface area is 121 Å². The number of nitrogens with zero attached hydrogens (tertiary/aromatic N) is 5. The average molecular weight is 277 g/mol. The van der Waals surface area contributed by atoms with Crippen molar-refractivity contribution in [3.8, 4) is 17.7 Å². The molecule has 2 heterocycles. The Bertz CT molecular complexity index is 784. The van der Waals surface area contributed by atoms with Crippen LogP contribution in [-0.4, -0.2) is 20.1 Å². The van der Waals surface area contributed by atoms with Crippen LogP contribution in [0.1, 0.15) is 22.6 Å². The summed E-state index contributed by atoms with van der Waals surface area (Å²) in [5, 5.41) is 12.6. The van der Waals surface area contributed by atoms with Gasteiger partial charge in [0.05, 0.1) is 18.1 Å². The summed E-state index contributed by atoms with van der Waals surface area (Å²) in [4.78, 5) is 12.6. The van der Waals surface area contributed by atoms with Crippen molar-refractivity contribution < 1.29 is 4.52 Å². The number of nitriles is 1. The maximum atomic E-state index is 8.76. The highest BCUT2D eigenvalue weighted by Gasteiger charge is 2.11. The van der Waals surface area contributed by atoms with Crippen molar-refractivity contribution in [1.29, 1.82) is 5.26 Å². The highest BCUT2D eigenvalue weighted by Crippen LogP contribution is 2.13. The normalized spacial score (nSPS) is 10.3. The molecular weight excluding hydrogens is 266 g/mol. The monoisotopic (exact) mass is 277 g/mol. The third-order valence-corrected chi connectivity index (χ3v) is 2.89. The molecule has 0 N–H and O–H groups in total. The summed E-state index contributed by atoms with van der Waals surface area (Å²) in [6.07, 6.45) is 3.92. The van der Waals surface area contributed by atoms with Gasteiger partial charge in [-0.2, -0.15) is 10.2 Å². The molecule has 0 saturated carbocycles. The molecule has 0 aliphatic carbocycles. The van der Waals surface area contributed by atoms with E-state index in [0.29, 0.717) is 29.5 Å². The quantitative estimate of drug-likeness (QED) is 0.729. The Balaban J connectivity index is 1.78. The zero-order valence-electron chi connectivity index (χ0n) is 11.3. The number of benzene rings is 1. The van der Waals surface area contributed by atoms with Gasteiger partial charge in [-0.3, -0.25) is 0 Å². The van der Waals surface area contributed by atoms with Gasteiger partial charge >= 0.3 is 0 Å². The van der Waals surface area contributed by atoms with Gasteiger partial charge in [0.15, 0.2) is 0 Å². The van der Waals surface area contributed by atoms with E-state index in [9.17, 15) is 0 Å². The molecule has 3 rings (SSSR count). The molecule has 0 fully saturated rings. The second kappa shape index (κ2) is 5.51. The number of hydrogen-bond acceptors (Lipinski definition) is 6. The van der Waals surface area contributed by atoms with Crippen LogP contribution >= 0.6 is 0 Å². The summed E-state index contributed by atoms with van der Waals surface area (Å²) in [5.74, 6) is 1.30. The Kier molecular flexibility index (Phi) is 3.39. The molecule has 102 valence electrons. The zero-order valence-corrected chi connectivity index (χ0v) is 11.3. The molecule has 2 aromatic heterocycles. The van der Waals surface area contributed by atoms with Crippen molar-refractivity contribution in [2.24, 2.45) is 0 Å². The standard InChI is InChI=1S/C15H11N5O/c1-10-8-17-14(18-9-10)15-19-13(21-20-15)6-11-2-4-12(7-16)5-3-11/h2-5,8-9H,6H2,1H3. The molecule has 6 heteroatoms. The molecule has 0 bridgehead atoms. The molecule has 0 atom stereocenters. The van der Waals surface area contributed by atoms with Crippen LogP contribution < -0.4 is 0 Å². The van der Waals surface area contributed by atoms with Crippen molar-refractivity contribution in [2.75, 3.05) is 0 Å². The predicted molar refractivity (Wildman–Crippen MR) is 74.0 cm³/mol. The summed E-state index contributed by atoms with van der Waals surface area (Å²) in [6.45, 7) is 1.91. The Morgan fingerprint density at radius 2 is 1.81 bits per heavy atom. The van der Waals surface area contributed by atoms with E-state index in [4.69, 9.17) is 9.78 Å². The highest BCUT2D eigenvalue weighted by atomic mass is 16.5. The van der Waals surface area contributed by atoms with Gasteiger partial charge in [-0.05, 0) is 30.2 Å². The Morgan fingerprint density at radius 1 is 1.10 bits per heavy atom. The predicted octanol–water partition coefficient (Wildman–Crippen LogP) is 2.30. The van der Waals surface area contributed by atoms with Crippen molar-refractivity contribution >= 4 is 0 Å². The van der Waals surface area contributed by atoms with Gasteiger partial charge in [-0.15, -0.1) is 0 Å². The largest absolute Gasteiger partial charge is 0.339 e. The SMILES string of the molecule is Cc1cnc(-c2noc(Cc3ccc(C#N)cc3)n2)nc1. The molecule has 0 aliphatic heterocycles. The van der Waals surface area contributed by atoms with Crippen LogP contribution in [-0.2, 0) is 6.42 Å². The number of aromatic nitrogens is 4. The molecule has 0 spiro atoms. The third-order valence-electron chi connectivity index (χ3n) is 2.89. The fourth-order valence-corrected chi connectivity index (χ4v) is 1.80. The fourth-order valence-electron chi connectivity index (χ4n) is 1.80. The summed E-state index contributed by atoms with van der Waals surface area (Å²) in [7, 11) is 0. The topological polar surface area (TPSA) is 88.5 Å². The van der Waals surface area contributed by atoms with Crippen LogP contribution in [0.5, 0.6) is 0 Å². The molecule has 0 radical (unpaired) electrons. The van der Waals surface area contributed by atoms with E-state index in [-0.39, 0.29) is 0 Å². The Morgan fingerprint density at radius 3 is 2.48 bits per heavy atom. The first kappa shape index (κ1) is 12.9. The second-order valence-corrected chi connectivity index (χ2v) is 4.58. The first-order chi connectivity index (χ1) is 10.2. The van der Waals surface area contributed by atoms with Gasteiger partial charge in [0.1, 0.15) is 0 Å². The molecule has 0 saturated heterocycles. The molecular formula is C15H11N5O. The van der Waals surface area contributed by atoms with E-state index in [1.807, 2.05) is 19.1 Å². The lowest BCUT2D eigenvalue weighted by atomic mass is 10.1. The smallest absolute Gasteiger partial charge is 0.240 e. The first-order valence-corrected chi connectivity index (χ1v) is 6.35. The molecule has 0 aliphatic rings. The lowest BCUT2D eigenvalue weighted by molar-refractivity contribution is 0.385. The molecule has 3 aromatic rings. The van der Waals surface area contributed by atoms with E-state index in [1.165, 1.54) is 0 Å². The lowest BCUT2D eigenvalue weighted by Crippen LogP contribution is -1.92. The van der Waals surface area contributed by atoms with Gasteiger partial charge < -0.3 is 4.52 Å². The van der Waals surface area contributed by atoms with E-state index in [2.05, 4.69) is 26.2 Å². The van der Waals surface area contributed by atoms with Gasteiger partial charge in [0.2, 0.25) is 17.5 Å². The first-order valence-electron chi connectivity index (χ1n) is 6.35. The lowest BCUT2D eigenvalue weighted by Gasteiger charge is -1.96. The summed E-state index contributed by atoms with van der Waals surface area (Å²) >= 11 is 0. The van der Waals surface area contributed by atoms with E-state index in [1.54, 1.807) is 24.5 Å². The second-order valence-electron chi connectivity index (χ2n) is 4.58. The van der Waals surface area contributed by atoms with E-state index < -0.39 is 0 Å². The van der Waals surface area contributed by atoms with Crippen molar-refractivity contribution in [3.63, 3.8) is 0 Å². The minimum atomic E-state index is 0.374. The van der Waals surface area contributed by atoms with Crippen molar-refractivity contribution in [1.82, 2.24) is 20.1 Å². The summed E-state index contributed by atoms with van der Waals surface area (Å²) in [6, 6.07) is 9.33. The van der Waals surface area contributed by atoms with Crippen LogP contribution in [0.2, 0.25) is 0 Å². The van der Waals surface area contributed by atoms with Crippen LogP contribution in [0.4, 0.5) is 0 Å². The van der Waals surface area contributed by atoms with Crippen LogP contribution in [0, 0.1) is 18.3 Å². The average Bonchev–Trinajstić information content (AvgIpc) is 2.97. The number of hydrogen-bond donors (Lipinski definition) is 0. The minimum absolute atomic E-state index is 0.374. The molecule has 1 aromatic carbocycles. The molecule has 0 unspecified atom stereocenters. The number of rotatable bonds is 3. The van der Waals surface area contributed by atoms with Gasteiger partial charge in [0, 0.05) is 12.4 Å². The maximum Gasteiger partial charge on any atom is 0.240 e. The summed E-state index contributed by atoms with van der Waals surface area (Å²) < 4.78 is 5.20. The number of aryl methyl sites for hydroxylation is 1. The van der Waals surface area contributed by atoms with Gasteiger partial charge in [0.25, 0.3) is 0 Å². The molecule has 21 heavy (non-hydrogen) atoms. The van der Waals surface area contributed by atoms with Crippen molar-refractivity contribution in [2.45, 2.75) is 13.3 Å². The third kappa shape index (κ3) is 2.92. The van der Waals surface area contributed by atoms with Crippen molar-refractivity contribution in [3.05, 3.63) is 59.2 Å². The van der Waals surface area contributed by atoms with E-state index >= 15 is 0 Å². The maximum absolute atomic E-state index is 8.76. The molecule has 0 amide bonds. The zero-order chi connectivity index (χ0) is 14.7. The van der Waals surface area contributed by atoms with Crippen LogP contribution in [0.25, 0.3) is 11.6 Å². The fraction of sp³-hybridized carbons (Fsp3) is 0.133. The minimum Gasteiger partial charge on any atom is -0.339 e. The van der Waals surface area contributed by atoms with Gasteiger partial charge in [-0.1, -0.05) is 17.3 Å². The van der Waals surface area contributed by atoms with E-state index in [0.717, 1.165) is 11.1 Å². The van der Waals surface area contributed by atoms with Gasteiger partial charge in [-0.25, -0.2) is 9.97 Å². The summed E-state index contributed by atoms with van der Waals surface area (Å²) in [5.41, 5.74) is 2.59. The Hall–Kier alpha value is -3.07. The van der Waals surface area contributed by atoms with Crippen LogP contribution in [0.3, 0.4) is 0 Å². The molecule has 6 nitrogen and oxygen atoms in total. The van der Waals surface area contributed by atoms with Crippen LogP contribution in [0.15, 0.2) is 41.2 Å². The highest BCUT2D eigenvalue weighted by molar-refractivity contribution is 5.41.